The van der Waals surface area contributed by atoms with Crippen LogP contribution in [0.25, 0.3) is 0 Å². The summed E-state index contributed by atoms with van der Waals surface area (Å²) < 4.78 is 11.4. The van der Waals surface area contributed by atoms with Crippen molar-refractivity contribution >= 4 is 34.8 Å². The van der Waals surface area contributed by atoms with E-state index in [1.165, 1.54) is 6.26 Å². The Morgan fingerprint density at radius 1 is 1.24 bits per heavy atom. The van der Waals surface area contributed by atoms with Crippen molar-refractivity contribution in [3.05, 3.63) is 45.6 Å². The number of benzene rings is 1. The zero-order chi connectivity index (χ0) is 14.8. The summed E-state index contributed by atoms with van der Waals surface area (Å²) in [6.07, 6.45) is 3.80. The van der Waals surface area contributed by atoms with Gasteiger partial charge in [-0.1, -0.05) is 34.8 Å². The average Bonchev–Trinajstić information content (AvgIpc) is 3.14. The molecule has 1 aromatic carbocycles. The summed E-state index contributed by atoms with van der Waals surface area (Å²) in [5.41, 5.74) is 0. The minimum absolute atomic E-state index is 0.258. The van der Waals surface area contributed by atoms with Crippen molar-refractivity contribution in [1.82, 2.24) is 10.3 Å². The smallest absolute Gasteiger partial charge is 0.235 e. The zero-order valence-electron chi connectivity index (χ0n) is 11.0. The van der Waals surface area contributed by atoms with Crippen LogP contribution in [0.4, 0.5) is 0 Å². The Kier molecular flexibility index (Phi) is 4.60. The molecule has 1 fully saturated rings. The SMILES string of the molecule is Clc1cc(Cl)c(O[C@@H](c2ncco2)[C@H]2CCNC2)cc1Cl. The second-order valence-electron chi connectivity index (χ2n) is 4.86. The van der Waals surface area contributed by atoms with E-state index in [4.69, 9.17) is 44.0 Å². The van der Waals surface area contributed by atoms with E-state index in [0.717, 1.165) is 19.5 Å². The Labute approximate surface area is 137 Å². The molecule has 1 saturated heterocycles. The van der Waals surface area contributed by atoms with E-state index in [9.17, 15) is 0 Å². The lowest BCUT2D eigenvalue weighted by Gasteiger charge is -2.22. The fourth-order valence-electron chi connectivity index (χ4n) is 2.39. The quantitative estimate of drug-likeness (QED) is 0.835. The molecule has 0 spiro atoms. The highest BCUT2D eigenvalue weighted by molar-refractivity contribution is 6.43. The molecule has 7 heteroatoms. The number of halogens is 3. The van der Waals surface area contributed by atoms with Gasteiger partial charge in [0.05, 0.1) is 21.3 Å². The number of ether oxygens (including phenoxy) is 1. The van der Waals surface area contributed by atoms with Crippen molar-refractivity contribution in [3.8, 4) is 5.75 Å². The molecule has 1 aliphatic heterocycles. The van der Waals surface area contributed by atoms with Crippen LogP contribution >= 0.6 is 34.8 Å². The van der Waals surface area contributed by atoms with Crippen LogP contribution in [0, 0.1) is 5.92 Å². The van der Waals surface area contributed by atoms with E-state index in [2.05, 4.69) is 10.3 Å². The Morgan fingerprint density at radius 3 is 2.71 bits per heavy atom. The Bertz CT molecular complexity index is 613. The maximum atomic E-state index is 6.18. The van der Waals surface area contributed by atoms with Crippen LogP contribution in [0.1, 0.15) is 18.4 Å². The molecule has 0 saturated carbocycles. The van der Waals surface area contributed by atoms with Gasteiger partial charge in [-0.3, -0.25) is 0 Å². The number of aromatic nitrogens is 1. The monoisotopic (exact) mass is 346 g/mol. The first kappa shape index (κ1) is 15.0. The van der Waals surface area contributed by atoms with Crippen LogP contribution < -0.4 is 10.1 Å². The fourth-order valence-corrected chi connectivity index (χ4v) is 2.97. The first-order chi connectivity index (χ1) is 10.1. The summed E-state index contributed by atoms with van der Waals surface area (Å²) in [4.78, 5) is 4.21. The van der Waals surface area contributed by atoms with Crippen LogP contribution in [-0.2, 0) is 0 Å². The van der Waals surface area contributed by atoms with Gasteiger partial charge in [0.15, 0.2) is 6.10 Å². The number of nitrogens with zero attached hydrogens (tertiary/aromatic N) is 1. The van der Waals surface area contributed by atoms with E-state index in [-0.39, 0.29) is 12.0 Å². The van der Waals surface area contributed by atoms with Gasteiger partial charge in [0, 0.05) is 18.5 Å². The predicted molar refractivity (Wildman–Crippen MR) is 82.3 cm³/mol. The third-order valence-electron chi connectivity index (χ3n) is 3.45. The average molecular weight is 348 g/mol. The van der Waals surface area contributed by atoms with E-state index < -0.39 is 0 Å². The van der Waals surface area contributed by atoms with Gasteiger partial charge in [0.2, 0.25) is 5.89 Å². The third-order valence-corrected chi connectivity index (χ3v) is 4.47. The molecule has 0 aliphatic carbocycles. The Balaban J connectivity index is 1.89. The number of hydrogen-bond donors (Lipinski definition) is 1. The molecular formula is C14H13Cl3N2O2. The van der Waals surface area contributed by atoms with E-state index in [1.54, 1.807) is 18.3 Å². The molecule has 112 valence electrons. The lowest BCUT2D eigenvalue weighted by Crippen LogP contribution is -2.21. The maximum absolute atomic E-state index is 6.18. The zero-order valence-corrected chi connectivity index (χ0v) is 13.3. The topological polar surface area (TPSA) is 47.3 Å². The summed E-state index contributed by atoms with van der Waals surface area (Å²) in [6, 6.07) is 3.19. The van der Waals surface area contributed by atoms with Crippen molar-refractivity contribution < 1.29 is 9.15 Å². The van der Waals surface area contributed by atoms with Crippen LogP contribution in [0.2, 0.25) is 15.1 Å². The van der Waals surface area contributed by atoms with Gasteiger partial charge < -0.3 is 14.5 Å². The molecule has 2 atom stereocenters. The van der Waals surface area contributed by atoms with Gasteiger partial charge >= 0.3 is 0 Å². The summed E-state index contributed by atoms with van der Waals surface area (Å²) in [6.45, 7) is 1.78. The molecule has 2 aromatic rings. The second-order valence-corrected chi connectivity index (χ2v) is 6.08. The minimum Gasteiger partial charge on any atom is -0.479 e. The number of hydrogen-bond acceptors (Lipinski definition) is 4. The van der Waals surface area contributed by atoms with Crippen molar-refractivity contribution in [2.75, 3.05) is 13.1 Å². The van der Waals surface area contributed by atoms with Gasteiger partial charge in [0.1, 0.15) is 12.0 Å². The van der Waals surface area contributed by atoms with Crippen LogP contribution in [0.15, 0.2) is 29.0 Å². The molecule has 0 radical (unpaired) electrons. The summed E-state index contributed by atoms with van der Waals surface area (Å²) in [5, 5.41) is 4.50. The largest absolute Gasteiger partial charge is 0.479 e. The van der Waals surface area contributed by atoms with Crippen LogP contribution in [0.5, 0.6) is 5.75 Å². The van der Waals surface area contributed by atoms with Gasteiger partial charge in [0.25, 0.3) is 0 Å². The molecule has 21 heavy (non-hydrogen) atoms. The first-order valence-electron chi connectivity index (χ1n) is 6.56. The van der Waals surface area contributed by atoms with Gasteiger partial charge in [-0.2, -0.15) is 0 Å². The highest BCUT2D eigenvalue weighted by atomic mass is 35.5. The van der Waals surface area contributed by atoms with E-state index >= 15 is 0 Å². The third kappa shape index (κ3) is 3.29. The van der Waals surface area contributed by atoms with Crippen molar-refractivity contribution in [3.63, 3.8) is 0 Å². The summed E-state index contributed by atoms with van der Waals surface area (Å²) in [5.74, 6) is 1.26. The van der Waals surface area contributed by atoms with E-state index in [1.807, 2.05) is 0 Å². The molecular weight excluding hydrogens is 335 g/mol. The molecule has 0 unspecified atom stereocenters. The second kappa shape index (κ2) is 6.44. The molecule has 1 N–H and O–H groups in total. The molecule has 3 rings (SSSR count). The van der Waals surface area contributed by atoms with Gasteiger partial charge in [-0.15, -0.1) is 0 Å². The van der Waals surface area contributed by atoms with Gasteiger partial charge in [-0.05, 0) is 19.0 Å². The minimum atomic E-state index is -0.315. The molecule has 1 aliphatic rings. The lowest BCUT2D eigenvalue weighted by molar-refractivity contribution is 0.114. The van der Waals surface area contributed by atoms with E-state index in [0.29, 0.717) is 26.7 Å². The molecule has 4 nitrogen and oxygen atoms in total. The maximum Gasteiger partial charge on any atom is 0.235 e. The number of nitrogens with one attached hydrogen (secondary N) is 1. The first-order valence-corrected chi connectivity index (χ1v) is 7.70. The molecule has 2 heterocycles. The van der Waals surface area contributed by atoms with Crippen LogP contribution in [-0.4, -0.2) is 18.1 Å². The summed E-state index contributed by atoms with van der Waals surface area (Å²) >= 11 is 18.1. The lowest BCUT2D eigenvalue weighted by atomic mass is 10.0. The molecule has 1 aromatic heterocycles. The van der Waals surface area contributed by atoms with Gasteiger partial charge in [-0.25, -0.2) is 4.98 Å². The van der Waals surface area contributed by atoms with Crippen molar-refractivity contribution in [1.29, 1.82) is 0 Å². The Hall–Kier alpha value is -0.940. The highest BCUT2D eigenvalue weighted by Crippen LogP contribution is 2.38. The van der Waals surface area contributed by atoms with Crippen LogP contribution in [0.3, 0.4) is 0 Å². The molecule has 0 bridgehead atoms. The number of oxazole rings is 1. The predicted octanol–water partition coefficient (Wildman–Crippen LogP) is 4.36. The summed E-state index contributed by atoms with van der Waals surface area (Å²) in [7, 11) is 0. The number of rotatable bonds is 4. The highest BCUT2D eigenvalue weighted by Gasteiger charge is 2.32. The standard InChI is InChI=1S/C14H13Cl3N2O2/c15-9-5-11(17)12(6-10(9)16)21-13(8-1-2-18-7-8)14-19-3-4-20-14/h3-6,8,13,18H,1-2,7H2/t8-,13+/m0/s1. The Morgan fingerprint density at radius 2 is 2.05 bits per heavy atom. The van der Waals surface area contributed by atoms with Crippen molar-refractivity contribution in [2.24, 2.45) is 5.92 Å². The normalized spacial score (nSPS) is 19.7. The fraction of sp³-hybridized carbons (Fsp3) is 0.357. The van der Waals surface area contributed by atoms with Crippen molar-refractivity contribution in [2.45, 2.75) is 12.5 Å². The molecule has 0 amide bonds.